The third-order valence-electron chi connectivity index (χ3n) is 4.43. The molecule has 0 spiro atoms. The summed E-state index contributed by atoms with van der Waals surface area (Å²) >= 11 is 0. The molecule has 134 valence electrons. The molecule has 2 N–H and O–H groups in total. The van der Waals surface area contributed by atoms with E-state index in [1.54, 1.807) is 7.11 Å². The molecule has 3 rings (SSSR count). The molecule has 6 atom stereocenters. The third kappa shape index (κ3) is 3.79. The van der Waals surface area contributed by atoms with Crippen molar-refractivity contribution >= 4 is 0 Å². The molecule has 0 amide bonds. The minimum absolute atomic E-state index is 0.340. The maximum absolute atomic E-state index is 10.8. The lowest BCUT2D eigenvalue weighted by molar-refractivity contribution is -0.341. The highest BCUT2D eigenvalue weighted by molar-refractivity contribution is 5.16. The summed E-state index contributed by atoms with van der Waals surface area (Å²) in [6.07, 6.45) is -2.55. The van der Waals surface area contributed by atoms with Crippen molar-refractivity contribution in [2.45, 2.75) is 50.8 Å². The minimum Gasteiger partial charge on any atom is -0.388 e. The second-order valence-electron chi connectivity index (χ2n) is 6.77. The van der Waals surface area contributed by atoms with E-state index < -0.39 is 24.8 Å². The molecule has 0 aliphatic carbocycles. The molecule has 2 fully saturated rings. The van der Waals surface area contributed by atoms with Crippen LogP contribution in [-0.2, 0) is 18.9 Å². The molecule has 0 radical (unpaired) electrons. The fourth-order valence-electron chi connectivity index (χ4n) is 3.16. The first-order valence-electron chi connectivity index (χ1n) is 8.52. The van der Waals surface area contributed by atoms with Crippen LogP contribution in [0.25, 0.3) is 0 Å². The number of rotatable bonds is 5. The Kier molecular flexibility index (Phi) is 5.86. The molecular weight excluding hydrogens is 310 g/mol. The van der Waals surface area contributed by atoms with Gasteiger partial charge in [-0.05, 0) is 12.5 Å². The Bertz CT molecular complexity index is 511. The standard InChI is InChI=1S/C18H27NO5/c1-11(2)9-19-14-15(20)16-13(23-18(14)21-3)10-22-17(24-16)12-7-5-4-6-8-12/h4-8,11,13-20H,9-10H2,1-3H3/t13-,14-,15+,16-,17-,18+/m1/s1. The molecule has 6 heteroatoms. The fraction of sp³-hybridized carbons (Fsp3) is 0.667. The Morgan fingerprint density at radius 2 is 2.00 bits per heavy atom. The number of aliphatic hydroxyl groups excluding tert-OH is 1. The van der Waals surface area contributed by atoms with E-state index in [1.807, 2.05) is 30.3 Å². The molecule has 2 saturated heterocycles. The minimum atomic E-state index is -0.734. The van der Waals surface area contributed by atoms with Gasteiger partial charge in [-0.3, -0.25) is 0 Å². The summed E-state index contributed by atoms with van der Waals surface area (Å²) in [6.45, 7) is 5.35. The lowest BCUT2D eigenvalue weighted by Crippen LogP contribution is -2.66. The summed E-state index contributed by atoms with van der Waals surface area (Å²) in [7, 11) is 1.58. The highest BCUT2D eigenvalue weighted by Gasteiger charge is 2.49. The normalized spacial score (nSPS) is 36.5. The van der Waals surface area contributed by atoms with Gasteiger partial charge in [-0.25, -0.2) is 0 Å². The molecule has 0 aromatic heterocycles. The summed E-state index contributed by atoms with van der Waals surface area (Å²) < 4.78 is 23.2. The number of methoxy groups -OCH3 is 1. The molecule has 24 heavy (non-hydrogen) atoms. The first-order valence-corrected chi connectivity index (χ1v) is 8.52. The summed E-state index contributed by atoms with van der Waals surface area (Å²) in [5.41, 5.74) is 0.934. The number of nitrogens with one attached hydrogen (secondary N) is 1. The Morgan fingerprint density at radius 3 is 2.67 bits per heavy atom. The number of fused-ring (bicyclic) bond motifs is 1. The van der Waals surface area contributed by atoms with Crippen LogP contribution in [0, 0.1) is 5.92 Å². The average Bonchev–Trinajstić information content (AvgIpc) is 2.61. The average molecular weight is 337 g/mol. The van der Waals surface area contributed by atoms with Crippen LogP contribution in [-0.4, -0.2) is 56.0 Å². The second-order valence-corrected chi connectivity index (χ2v) is 6.77. The second kappa shape index (κ2) is 7.91. The summed E-state index contributed by atoms with van der Waals surface area (Å²) in [4.78, 5) is 0. The number of ether oxygens (including phenoxy) is 4. The molecule has 0 saturated carbocycles. The van der Waals surface area contributed by atoms with Gasteiger partial charge in [0, 0.05) is 12.7 Å². The van der Waals surface area contributed by atoms with Gasteiger partial charge >= 0.3 is 0 Å². The molecule has 2 aliphatic rings. The van der Waals surface area contributed by atoms with Crippen molar-refractivity contribution in [2.75, 3.05) is 20.3 Å². The van der Waals surface area contributed by atoms with E-state index >= 15 is 0 Å². The van der Waals surface area contributed by atoms with Crippen molar-refractivity contribution in [3.05, 3.63) is 35.9 Å². The van der Waals surface area contributed by atoms with E-state index in [0.29, 0.717) is 12.5 Å². The monoisotopic (exact) mass is 337 g/mol. The molecule has 1 aromatic carbocycles. The summed E-state index contributed by atoms with van der Waals surface area (Å²) in [6, 6.07) is 9.39. The Labute approximate surface area is 143 Å². The van der Waals surface area contributed by atoms with E-state index in [2.05, 4.69) is 19.2 Å². The molecule has 2 heterocycles. The maximum atomic E-state index is 10.8. The predicted octanol–water partition coefficient (Wildman–Crippen LogP) is 1.45. The largest absolute Gasteiger partial charge is 0.388 e. The van der Waals surface area contributed by atoms with Crippen LogP contribution < -0.4 is 5.32 Å². The smallest absolute Gasteiger partial charge is 0.184 e. The van der Waals surface area contributed by atoms with Crippen molar-refractivity contribution in [1.29, 1.82) is 0 Å². The molecule has 0 bridgehead atoms. The van der Waals surface area contributed by atoms with Gasteiger partial charge in [0.2, 0.25) is 0 Å². The van der Waals surface area contributed by atoms with E-state index in [-0.39, 0.29) is 12.1 Å². The maximum Gasteiger partial charge on any atom is 0.184 e. The molecule has 1 aromatic rings. The van der Waals surface area contributed by atoms with E-state index in [1.165, 1.54) is 0 Å². The number of hydrogen-bond donors (Lipinski definition) is 2. The first kappa shape index (κ1) is 17.8. The van der Waals surface area contributed by atoms with Gasteiger partial charge in [-0.2, -0.15) is 0 Å². The van der Waals surface area contributed by atoms with Crippen molar-refractivity contribution in [2.24, 2.45) is 5.92 Å². The van der Waals surface area contributed by atoms with Crippen molar-refractivity contribution in [3.8, 4) is 0 Å². The zero-order valence-corrected chi connectivity index (χ0v) is 14.4. The van der Waals surface area contributed by atoms with Gasteiger partial charge in [0.1, 0.15) is 18.3 Å². The predicted molar refractivity (Wildman–Crippen MR) is 88.3 cm³/mol. The fourth-order valence-corrected chi connectivity index (χ4v) is 3.16. The van der Waals surface area contributed by atoms with Crippen LogP contribution in [0.4, 0.5) is 0 Å². The van der Waals surface area contributed by atoms with Crippen LogP contribution in [0.15, 0.2) is 30.3 Å². The number of benzene rings is 1. The Balaban J connectivity index is 1.71. The van der Waals surface area contributed by atoms with Crippen molar-refractivity contribution < 1.29 is 24.1 Å². The van der Waals surface area contributed by atoms with E-state index in [4.69, 9.17) is 18.9 Å². The molecule has 0 unspecified atom stereocenters. The van der Waals surface area contributed by atoms with Crippen LogP contribution in [0.5, 0.6) is 0 Å². The highest BCUT2D eigenvalue weighted by atomic mass is 16.7. The van der Waals surface area contributed by atoms with Crippen molar-refractivity contribution in [3.63, 3.8) is 0 Å². The van der Waals surface area contributed by atoms with Crippen LogP contribution in [0.1, 0.15) is 25.7 Å². The van der Waals surface area contributed by atoms with E-state index in [0.717, 1.165) is 12.1 Å². The van der Waals surface area contributed by atoms with Gasteiger partial charge in [0.05, 0.1) is 12.6 Å². The zero-order chi connectivity index (χ0) is 17.1. The quantitative estimate of drug-likeness (QED) is 0.847. The first-order chi connectivity index (χ1) is 11.6. The van der Waals surface area contributed by atoms with Crippen LogP contribution in [0.3, 0.4) is 0 Å². The third-order valence-corrected chi connectivity index (χ3v) is 4.43. The van der Waals surface area contributed by atoms with E-state index in [9.17, 15) is 5.11 Å². The lowest BCUT2D eigenvalue weighted by atomic mass is 9.95. The summed E-state index contributed by atoms with van der Waals surface area (Å²) in [5, 5.41) is 14.2. The highest BCUT2D eigenvalue weighted by Crippen LogP contribution is 2.34. The Morgan fingerprint density at radius 1 is 1.25 bits per heavy atom. The topological polar surface area (TPSA) is 69.2 Å². The van der Waals surface area contributed by atoms with Gasteiger partial charge < -0.3 is 29.4 Å². The Hall–Kier alpha value is -1.02. The summed E-state index contributed by atoms with van der Waals surface area (Å²) in [5.74, 6) is 0.458. The SMILES string of the molecule is CO[C@H]1O[C@@H]2CO[C@@H](c3ccccc3)O[C@H]2[C@@H](O)[C@H]1NCC(C)C. The van der Waals surface area contributed by atoms with Crippen LogP contribution >= 0.6 is 0 Å². The molecule has 6 nitrogen and oxygen atoms in total. The van der Waals surface area contributed by atoms with Gasteiger partial charge in [0.15, 0.2) is 12.6 Å². The lowest BCUT2D eigenvalue weighted by Gasteiger charge is -2.47. The zero-order valence-electron chi connectivity index (χ0n) is 14.4. The van der Waals surface area contributed by atoms with Gasteiger partial charge in [-0.1, -0.05) is 44.2 Å². The van der Waals surface area contributed by atoms with Gasteiger partial charge in [0.25, 0.3) is 0 Å². The molecule has 2 aliphatic heterocycles. The molecular formula is C18H27NO5. The van der Waals surface area contributed by atoms with Crippen molar-refractivity contribution in [1.82, 2.24) is 5.32 Å². The number of hydrogen-bond acceptors (Lipinski definition) is 6. The van der Waals surface area contributed by atoms with Gasteiger partial charge in [-0.15, -0.1) is 0 Å². The number of aliphatic hydroxyl groups is 1. The van der Waals surface area contributed by atoms with Crippen LogP contribution in [0.2, 0.25) is 0 Å².